The van der Waals surface area contributed by atoms with Crippen LogP contribution >= 0.6 is 0 Å². The first-order chi connectivity index (χ1) is 18.7. The molecular weight excluding hydrogens is 618 g/mol. The predicted octanol–water partition coefficient (Wildman–Crippen LogP) is -6.72. The summed E-state index contributed by atoms with van der Waals surface area (Å²) in [5.74, 6) is -1.08. The number of hydrogen-bond acceptors (Lipinski definition) is 16. The van der Waals surface area contributed by atoms with Crippen LogP contribution in [0.2, 0.25) is 0 Å². The molecule has 2 aromatic heterocycles. The Kier molecular flexibility index (Phi) is 11.6. The van der Waals surface area contributed by atoms with Gasteiger partial charge in [0.1, 0.15) is 20.2 Å². The maximum Gasteiger partial charge on any atom is 1.00 e. The second kappa shape index (κ2) is 13.9. The largest absolute Gasteiger partial charge is 1.00 e. The van der Waals surface area contributed by atoms with Gasteiger partial charge >= 0.3 is 70.5 Å². The second-order valence-electron chi connectivity index (χ2n) is 7.72. The van der Waals surface area contributed by atoms with E-state index in [0.29, 0.717) is 0 Å². The maximum absolute atomic E-state index is 11.9. The van der Waals surface area contributed by atoms with Gasteiger partial charge in [0.15, 0.2) is 0 Å². The number of rotatable bonds is 8. The number of anilines is 6. The average molecular weight is 635 g/mol. The van der Waals surface area contributed by atoms with E-state index in [9.17, 15) is 35.5 Å². The summed E-state index contributed by atoms with van der Waals surface area (Å²) in [7, 11) is -10.1. The Morgan fingerprint density at radius 3 is 1.33 bits per heavy atom. The number of aromatic amines is 2. The van der Waals surface area contributed by atoms with Crippen molar-refractivity contribution in [2.75, 3.05) is 22.1 Å². The summed E-state index contributed by atoms with van der Waals surface area (Å²) in [6, 6.07) is 6.93. The number of nitrogens with one attached hydrogen (secondary N) is 4. The maximum atomic E-state index is 11.9. The minimum atomic E-state index is -5.07. The fourth-order valence-electron chi connectivity index (χ4n) is 3.28. The molecule has 208 valence electrons. The van der Waals surface area contributed by atoms with Crippen molar-refractivity contribution < 1.29 is 85.1 Å². The van der Waals surface area contributed by atoms with E-state index in [2.05, 4.69) is 40.5 Å². The predicted molar refractivity (Wildman–Crippen MR) is 138 cm³/mol. The zero-order chi connectivity index (χ0) is 29.2. The SMILES string of the molecule is Nc1nc(Nc2ccc(C=Cc3ccc(Nc4nc(N)[nH]c(=O)n4)cc3S(=O)(=O)[O-])c(S(=O)(=O)[O-])c2)nc(=O)[nH]1.[Na+].[Na+]. The quantitative estimate of drug-likeness (QED) is 0.0596. The zero-order valence-electron chi connectivity index (χ0n) is 21.6. The third-order valence-corrected chi connectivity index (χ3v) is 6.64. The standard InChI is InChI=1S/C20H18N10O8S2.2Na/c21-15-25-17(29-19(31)27-15)23-11-5-3-9(13(7-11)39(33,34)35)1-2-10-4-6-12(8-14(10)40(36,37)38)24-18-26-16(22)28-20(32)30-18;;/h1-8H,(H,33,34,35)(H,36,37,38)(H4,21,23,25,27,29,31)(H4,22,24,26,28,30,32);;/q;2*+1/p-2. The van der Waals surface area contributed by atoms with Gasteiger partial charge < -0.3 is 31.2 Å². The van der Waals surface area contributed by atoms with Crippen molar-refractivity contribution in [2.45, 2.75) is 9.79 Å². The molecule has 0 fully saturated rings. The van der Waals surface area contributed by atoms with Crippen LogP contribution in [-0.2, 0) is 20.2 Å². The molecule has 0 bridgehead atoms. The third kappa shape index (κ3) is 9.16. The molecule has 2 heterocycles. The topological polar surface area (TPSA) is 308 Å². The van der Waals surface area contributed by atoms with E-state index in [1.54, 1.807) is 0 Å². The molecule has 8 N–H and O–H groups in total. The van der Waals surface area contributed by atoms with Gasteiger partial charge in [-0.25, -0.2) is 26.4 Å². The van der Waals surface area contributed by atoms with Gasteiger partial charge in [-0.2, -0.15) is 19.9 Å². The van der Waals surface area contributed by atoms with Crippen molar-refractivity contribution in [3.8, 4) is 0 Å². The summed E-state index contributed by atoms with van der Waals surface area (Å²) in [5, 5.41) is 5.09. The van der Waals surface area contributed by atoms with E-state index >= 15 is 0 Å². The molecule has 2 aromatic carbocycles. The molecule has 0 unspecified atom stereocenters. The molecule has 42 heavy (non-hydrogen) atoms. The molecule has 0 spiro atoms. The normalized spacial score (nSPS) is 11.4. The molecule has 0 aliphatic carbocycles. The Labute approximate surface area is 280 Å². The summed E-state index contributed by atoms with van der Waals surface area (Å²) < 4.78 is 71.7. The van der Waals surface area contributed by atoms with Crippen molar-refractivity contribution in [3.63, 3.8) is 0 Å². The smallest absolute Gasteiger partial charge is 0.744 e. The first-order valence-corrected chi connectivity index (χ1v) is 13.4. The van der Waals surface area contributed by atoms with E-state index in [1.165, 1.54) is 24.3 Å². The van der Waals surface area contributed by atoms with Crippen LogP contribution in [0.4, 0.5) is 35.2 Å². The van der Waals surface area contributed by atoms with Crippen LogP contribution in [0.1, 0.15) is 11.1 Å². The van der Waals surface area contributed by atoms with Crippen molar-refractivity contribution in [2.24, 2.45) is 0 Å². The number of hydrogen-bond donors (Lipinski definition) is 6. The molecule has 0 aliphatic heterocycles. The summed E-state index contributed by atoms with van der Waals surface area (Å²) in [5.41, 5.74) is 8.93. The van der Waals surface area contributed by atoms with Gasteiger partial charge in [-0.1, -0.05) is 24.3 Å². The number of nitrogen functional groups attached to an aromatic ring is 2. The van der Waals surface area contributed by atoms with Gasteiger partial charge in [-0.15, -0.1) is 0 Å². The van der Waals surface area contributed by atoms with E-state index in [0.717, 1.165) is 24.3 Å². The fraction of sp³-hybridized carbons (Fsp3) is 0. The molecule has 18 nitrogen and oxygen atoms in total. The van der Waals surface area contributed by atoms with Gasteiger partial charge in [0.2, 0.25) is 23.8 Å². The van der Waals surface area contributed by atoms with Crippen molar-refractivity contribution >= 4 is 67.6 Å². The van der Waals surface area contributed by atoms with Crippen LogP contribution in [0.15, 0.2) is 55.8 Å². The van der Waals surface area contributed by atoms with Crippen LogP contribution in [0, 0.1) is 0 Å². The molecule has 0 saturated heterocycles. The van der Waals surface area contributed by atoms with Crippen LogP contribution in [-0.4, -0.2) is 55.8 Å². The van der Waals surface area contributed by atoms with Crippen molar-refractivity contribution in [1.29, 1.82) is 0 Å². The molecule has 0 aliphatic rings. The summed E-state index contributed by atoms with van der Waals surface area (Å²) in [6.45, 7) is 0. The number of aromatic nitrogens is 6. The summed E-state index contributed by atoms with van der Waals surface area (Å²) >= 11 is 0. The second-order valence-corrected chi connectivity index (χ2v) is 10.4. The molecule has 0 saturated carbocycles. The number of nitrogens with zero attached hydrogens (tertiary/aromatic N) is 4. The summed E-state index contributed by atoms with van der Waals surface area (Å²) in [6.07, 6.45) is 2.21. The molecule has 4 rings (SSSR count). The van der Waals surface area contributed by atoms with E-state index in [4.69, 9.17) is 11.5 Å². The summed E-state index contributed by atoms with van der Waals surface area (Å²) in [4.78, 5) is 40.2. The molecule has 0 atom stereocenters. The van der Waals surface area contributed by atoms with Crippen molar-refractivity contribution in [1.82, 2.24) is 29.9 Å². The minimum Gasteiger partial charge on any atom is -0.744 e. The Hall–Kier alpha value is -3.18. The van der Waals surface area contributed by atoms with Gasteiger partial charge in [0, 0.05) is 11.4 Å². The number of nitrogens with two attached hydrogens (primary N) is 2. The van der Waals surface area contributed by atoms with E-state index in [-0.39, 0.29) is 105 Å². The molecule has 4 aromatic rings. The fourth-order valence-corrected chi connectivity index (χ4v) is 4.68. The van der Waals surface area contributed by atoms with Crippen LogP contribution < -0.4 is 92.6 Å². The van der Waals surface area contributed by atoms with Gasteiger partial charge in [-0.05, 0) is 35.4 Å². The van der Waals surface area contributed by atoms with Crippen LogP contribution in [0.25, 0.3) is 12.2 Å². The first-order valence-electron chi connectivity index (χ1n) is 10.6. The first kappa shape index (κ1) is 35.0. The van der Waals surface area contributed by atoms with E-state index < -0.39 is 41.4 Å². The van der Waals surface area contributed by atoms with Gasteiger partial charge in [0.25, 0.3) is 0 Å². The third-order valence-electron chi connectivity index (χ3n) is 4.86. The zero-order valence-corrected chi connectivity index (χ0v) is 27.3. The Bertz CT molecular complexity index is 1860. The number of H-pyrrole nitrogens is 2. The van der Waals surface area contributed by atoms with Gasteiger partial charge in [0.05, 0.1) is 9.79 Å². The number of benzene rings is 2. The Balaban J connectivity index is 0.00000308. The molecule has 0 amide bonds. The molecular formula is C20H16N10Na2O8S2. The Morgan fingerprint density at radius 1 is 0.667 bits per heavy atom. The molecule has 0 radical (unpaired) electrons. The molecule has 22 heteroatoms. The average Bonchev–Trinajstić information content (AvgIpc) is 2.81. The van der Waals surface area contributed by atoms with E-state index in [1.807, 2.05) is 0 Å². The Morgan fingerprint density at radius 2 is 1.02 bits per heavy atom. The minimum absolute atomic E-state index is 0. The van der Waals surface area contributed by atoms with Gasteiger partial charge in [-0.3, -0.25) is 9.97 Å². The van der Waals surface area contributed by atoms with Crippen LogP contribution in [0.3, 0.4) is 0 Å². The van der Waals surface area contributed by atoms with Crippen LogP contribution in [0.5, 0.6) is 0 Å². The monoisotopic (exact) mass is 634 g/mol. The van der Waals surface area contributed by atoms with Crippen molar-refractivity contribution in [3.05, 3.63) is 68.5 Å².